The molecule has 0 atom stereocenters. The van der Waals surface area contributed by atoms with Gasteiger partial charge in [0.2, 0.25) is 0 Å². The van der Waals surface area contributed by atoms with Crippen molar-refractivity contribution < 1.29 is 18.7 Å². The Morgan fingerprint density at radius 1 is 1.11 bits per heavy atom. The second kappa shape index (κ2) is 8.63. The number of aromatic nitrogens is 5. The molecule has 1 saturated heterocycles. The summed E-state index contributed by atoms with van der Waals surface area (Å²) in [5.74, 6) is -0.641. The van der Waals surface area contributed by atoms with Crippen LogP contribution in [0.4, 0.5) is 13.6 Å². The summed E-state index contributed by atoms with van der Waals surface area (Å²) in [5.41, 5.74) is 1.45. The van der Waals surface area contributed by atoms with Gasteiger partial charge in [-0.05, 0) is 37.1 Å². The molecule has 3 aromatic heterocycles. The molecule has 182 valence electrons. The number of fused-ring (bicyclic) bond motifs is 1. The summed E-state index contributed by atoms with van der Waals surface area (Å²) < 4.78 is 30.2. The van der Waals surface area contributed by atoms with Crippen molar-refractivity contribution in [3.8, 4) is 21.8 Å². The Bertz CT molecular complexity index is 1420. The van der Waals surface area contributed by atoms with E-state index < -0.39 is 17.7 Å². The van der Waals surface area contributed by atoms with Gasteiger partial charge in [-0.2, -0.15) is 9.61 Å². The van der Waals surface area contributed by atoms with Crippen LogP contribution >= 0.6 is 11.3 Å². The first kappa shape index (κ1) is 23.3. The van der Waals surface area contributed by atoms with Gasteiger partial charge in [0.05, 0.1) is 15.6 Å². The van der Waals surface area contributed by atoms with Crippen molar-refractivity contribution in [2.45, 2.75) is 44.9 Å². The second-order valence-corrected chi connectivity index (χ2v) is 10.7. The van der Waals surface area contributed by atoms with Crippen molar-refractivity contribution in [2.75, 3.05) is 13.1 Å². The van der Waals surface area contributed by atoms with E-state index in [1.165, 1.54) is 28.4 Å². The average molecular weight is 499 g/mol. The topological polar surface area (TPSA) is 96.5 Å². The molecule has 0 bridgehead atoms. The standard InChI is InChI=1S/C24H24F2N6O2S/c1-24(2,3)22-29-28-18-7-6-17(30-32(18)22)20-19(15-5-4-14(25)12-16(15)26)27-21(35-20)13-8-10-31(11-9-13)23(33)34/h4-7,12-13H,8-11H2,1-3H3,(H,33,34). The van der Waals surface area contributed by atoms with E-state index in [9.17, 15) is 18.7 Å². The zero-order valence-corrected chi connectivity index (χ0v) is 20.3. The van der Waals surface area contributed by atoms with Gasteiger partial charge in [0, 0.05) is 36.1 Å². The lowest BCUT2D eigenvalue weighted by atomic mass is 9.96. The minimum absolute atomic E-state index is 0.0374. The highest BCUT2D eigenvalue weighted by molar-refractivity contribution is 7.15. The van der Waals surface area contributed by atoms with Crippen LogP contribution in [-0.2, 0) is 5.41 Å². The van der Waals surface area contributed by atoms with Gasteiger partial charge in [-0.25, -0.2) is 18.6 Å². The van der Waals surface area contributed by atoms with Gasteiger partial charge in [-0.3, -0.25) is 0 Å². The third kappa shape index (κ3) is 4.36. The molecule has 4 heterocycles. The van der Waals surface area contributed by atoms with Crippen LogP contribution in [0.3, 0.4) is 0 Å². The number of nitrogens with zero attached hydrogens (tertiary/aromatic N) is 6. The number of benzene rings is 1. The van der Waals surface area contributed by atoms with Crippen LogP contribution in [-0.4, -0.2) is 54.0 Å². The largest absolute Gasteiger partial charge is 0.465 e. The smallest absolute Gasteiger partial charge is 0.407 e. The highest BCUT2D eigenvalue weighted by Gasteiger charge is 2.29. The summed E-state index contributed by atoms with van der Waals surface area (Å²) in [6.07, 6.45) is 0.311. The van der Waals surface area contributed by atoms with Gasteiger partial charge in [-0.1, -0.05) is 20.8 Å². The van der Waals surface area contributed by atoms with E-state index in [2.05, 4.69) is 10.2 Å². The molecule has 4 aromatic rings. The van der Waals surface area contributed by atoms with E-state index in [-0.39, 0.29) is 16.9 Å². The van der Waals surface area contributed by atoms with Gasteiger partial charge in [-0.15, -0.1) is 21.5 Å². The maximum Gasteiger partial charge on any atom is 0.407 e. The lowest BCUT2D eigenvalue weighted by molar-refractivity contribution is 0.132. The van der Waals surface area contributed by atoms with E-state index in [1.807, 2.05) is 20.8 Å². The molecular weight excluding hydrogens is 474 g/mol. The van der Waals surface area contributed by atoms with Crippen molar-refractivity contribution in [1.29, 1.82) is 0 Å². The molecule has 0 unspecified atom stereocenters. The van der Waals surface area contributed by atoms with Crippen molar-refractivity contribution in [1.82, 2.24) is 29.7 Å². The normalized spacial score (nSPS) is 15.2. The van der Waals surface area contributed by atoms with Crippen molar-refractivity contribution >= 4 is 23.1 Å². The number of rotatable bonds is 3. The first-order valence-electron chi connectivity index (χ1n) is 11.3. The number of hydrogen-bond acceptors (Lipinski definition) is 6. The molecule has 1 amide bonds. The Labute approximate surface area is 204 Å². The Hall–Kier alpha value is -3.47. The van der Waals surface area contributed by atoms with Gasteiger partial charge >= 0.3 is 6.09 Å². The number of likely N-dealkylation sites (tertiary alicyclic amines) is 1. The minimum atomic E-state index is -0.932. The number of amides is 1. The van der Waals surface area contributed by atoms with Gasteiger partial charge in [0.25, 0.3) is 0 Å². The molecule has 0 radical (unpaired) electrons. The van der Waals surface area contributed by atoms with Crippen LogP contribution in [0.25, 0.3) is 27.5 Å². The molecule has 1 aromatic carbocycles. The molecule has 1 fully saturated rings. The number of hydrogen-bond donors (Lipinski definition) is 1. The van der Waals surface area contributed by atoms with E-state index in [1.54, 1.807) is 16.6 Å². The van der Waals surface area contributed by atoms with Crippen LogP contribution in [0, 0.1) is 11.6 Å². The summed E-state index contributed by atoms with van der Waals surface area (Å²) in [6, 6.07) is 7.04. The number of thiazole rings is 1. The molecule has 0 saturated carbocycles. The summed E-state index contributed by atoms with van der Waals surface area (Å²) >= 11 is 1.41. The third-order valence-electron chi connectivity index (χ3n) is 6.11. The number of carboxylic acid groups (broad SMARTS) is 1. The monoisotopic (exact) mass is 498 g/mol. The second-order valence-electron chi connectivity index (χ2n) is 9.66. The van der Waals surface area contributed by atoms with Crippen molar-refractivity contribution in [3.05, 3.63) is 52.8 Å². The molecule has 5 rings (SSSR count). The van der Waals surface area contributed by atoms with E-state index in [0.717, 1.165) is 11.1 Å². The third-order valence-corrected chi connectivity index (χ3v) is 7.35. The zero-order valence-electron chi connectivity index (χ0n) is 19.5. The predicted molar refractivity (Wildman–Crippen MR) is 128 cm³/mol. The summed E-state index contributed by atoms with van der Waals surface area (Å²) in [6.45, 7) is 6.88. The number of halogens is 2. The van der Waals surface area contributed by atoms with Crippen LogP contribution in [0.1, 0.15) is 50.4 Å². The molecule has 35 heavy (non-hydrogen) atoms. The van der Waals surface area contributed by atoms with E-state index in [4.69, 9.17) is 10.1 Å². The quantitative estimate of drug-likeness (QED) is 0.409. The fraction of sp³-hybridized carbons (Fsp3) is 0.375. The van der Waals surface area contributed by atoms with Crippen molar-refractivity contribution in [2.24, 2.45) is 0 Å². The van der Waals surface area contributed by atoms with Crippen LogP contribution in [0.2, 0.25) is 0 Å². The first-order chi connectivity index (χ1) is 16.6. The average Bonchev–Trinajstić information content (AvgIpc) is 3.43. The van der Waals surface area contributed by atoms with Gasteiger partial charge < -0.3 is 10.0 Å². The lowest BCUT2D eigenvalue weighted by Crippen LogP contribution is -2.36. The summed E-state index contributed by atoms with van der Waals surface area (Å²) in [4.78, 5) is 18.1. The van der Waals surface area contributed by atoms with Crippen LogP contribution < -0.4 is 0 Å². The first-order valence-corrected chi connectivity index (χ1v) is 12.1. The molecule has 1 aliphatic heterocycles. The Morgan fingerprint density at radius 3 is 2.51 bits per heavy atom. The van der Waals surface area contributed by atoms with Crippen molar-refractivity contribution in [3.63, 3.8) is 0 Å². The number of carbonyl (C=O) groups is 1. The van der Waals surface area contributed by atoms with Crippen LogP contribution in [0.15, 0.2) is 30.3 Å². The Kier molecular flexibility index (Phi) is 5.74. The highest BCUT2D eigenvalue weighted by Crippen LogP contribution is 2.42. The molecule has 0 spiro atoms. The Balaban J connectivity index is 1.62. The minimum Gasteiger partial charge on any atom is -0.465 e. The van der Waals surface area contributed by atoms with E-state index in [0.29, 0.717) is 53.7 Å². The fourth-order valence-electron chi connectivity index (χ4n) is 4.24. The SMILES string of the molecule is CC(C)(C)c1nnc2ccc(-c3sc(C4CCN(C(=O)O)CC4)nc3-c3ccc(F)cc3F)nn12. The zero-order chi connectivity index (χ0) is 24.9. The lowest BCUT2D eigenvalue weighted by Gasteiger charge is -2.28. The predicted octanol–water partition coefficient (Wildman–Crippen LogP) is 5.35. The molecule has 8 nitrogen and oxygen atoms in total. The summed E-state index contributed by atoms with van der Waals surface area (Å²) in [7, 11) is 0. The highest BCUT2D eigenvalue weighted by atomic mass is 32.1. The fourth-order valence-corrected chi connectivity index (χ4v) is 5.46. The molecule has 11 heteroatoms. The Morgan fingerprint density at radius 2 is 1.86 bits per heavy atom. The maximum atomic E-state index is 14.9. The molecular formula is C24H24F2N6O2S. The van der Waals surface area contributed by atoms with Gasteiger partial charge in [0.15, 0.2) is 11.5 Å². The van der Waals surface area contributed by atoms with E-state index >= 15 is 0 Å². The number of piperidine rings is 1. The maximum absolute atomic E-state index is 14.9. The van der Waals surface area contributed by atoms with Crippen LogP contribution in [0.5, 0.6) is 0 Å². The summed E-state index contributed by atoms with van der Waals surface area (Å²) in [5, 5.41) is 23.3. The molecule has 1 aliphatic rings. The molecule has 1 N–H and O–H groups in total. The molecule has 0 aliphatic carbocycles. The van der Waals surface area contributed by atoms with Gasteiger partial charge in [0.1, 0.15) is 17.3 Å².